The van der Waals surface area contributed by atoms with Gasteiger partial charge in [-0.15, -0.1) is 24.0 Å². The van der Waals surface area contributed by atoms with Crippen LogP contribution >= 0.6 is 24.0 Å². The summed E-state index contributed by atoms with van der Waals surface area (Å²) in [5, 5.41) is 6.28. The predicted octanol–water partition coefficient (Wildman–Crippen LogP) is 3.55. The maximum atomic E-state index is 12.0. The van der Waals surface area contributed by atoms with E-state index in [0.717, 1.165) is 37.5 Å². The molecule has 0 bridgehead atoms. The van der Waals surface area contributed by atoms with Crippen LogP contribution in [0.2, 0.25) is 0 Å². The van der Waals surface area contributed by atoms with Crippen molar-refractivity contribution in [1.29, 1.82) is 0 Å². The van der Waals surface area contributed by atoms with Crippen LogP contribution in [0.4, 0.5) is 4.79 Å². The lowest BCUT2D eigenvalue weighted by Crippen LogP contribution is -2.44. The number of rotatable bonds is 7. The van der Waals surface area contributed by atoms with Crippen molar-refractivity contribution in [3.63, 3.8) is 0 Å². The van der Waals surface area contributed by atoms with Gasteiger partial charge in [0.1, 0.15) is 5.60 Å². The molecule has 0 saturated carbocycles. The maximum absolute atomic E-state index is 12.0. The number of ether oxygens (including phenoxy) is 2. The molecule has 2 rings (SSSR count). The Morgan fingerprint density at radius 3 is 2.70 bits per heavy atom. The predicted molar refractivity (Wildman–Crippen MR) is 130 cm³/mol. The lowest BCUT2D eigenvalue weighted by molar-refractivity contribution is 0.0507. The summed E-state index contributed by atoms with van der Waals surface area (Å²) in [7, 11) is 0. The van der Waals surface area contributed by atoms with E-state index in [1.54, 1.807) is 6.20 Å². The molecule has 170 valence electrons. The zero-order valence-corrected chi connectivity index (χ0v) is 21.1. The Hall–Kier alpha value is -1.78. The number of carbonyl (C=O) groups is 1. The highest BCUT2D eigenvalue weighted by Crippen LogP contribution is 2.13. The summed E-state index contributed by atoms with van der Waals surface area (Å²) in [4.78, 5) is 23.2. The Morgan fingerprint density at radius 1 is 1.33 bits per heavy atom. The maximum Gasteiger partial charge on any atom is 0.407 e. The van der Waals surface area contributed by atoms with E-state index in [0.29, 0.717) is 25.6 Å². The molecule has 1 aliphatic heterocycles. The zero-order chi connectivity index (χ0) is 21.3. The van der Waals surface area contributed by atoms with Crippen molar-refractivity contribution in [2.45, 2.75) is 65.6 Å². The quantitative estimate of drug-likeness (QED) is 0.317. The topological polar surface area (TPSA) is 88.1 Å². The second-order valence-electron chi connectivity index (χ2n) is 8.10. The third-order valence-electron chi connectivity index (χ3n) is 4.21. The van der Waals surface area contributed by atoms with Gasteiger partial charge < -0.3 is 25.0 Å². The first kappa shape index (κ1) is 26.3. The molecule has 0 radical (unpaired) electrons. The van der Waals surface area contributed by atoms with Crippen LogP contribution in [0.15, 0.2) is 23.3 Å². The van der Waals surface area contributed by atoms with E-state index in [1.165, 1.54) is 0 Å². The largest absolute Gasteiger partial charge is 0.478 e. The summed E-state index contributed by atoms with van der Waals surface area (Å²) in [5.74, 6) is 1.48. The Kier molecular flexibility index (Phi) is 11.2. The number of likely N-dealkylation sites (tertiary alicyclic amines) is 1. The monoisotopic (exact) mass is 533 g/mol. The van der Waals surface area contributed by atoms with Crippen LogP contribution in [0.25, 0.3) is 0 Å². The molecule has 0 aliphatic carbocycles. The van der Waals surface area contributed by atoms with Gasteiger partial charge in [-0.1, -0.05) is 13.0 Å². The molecule has 30 heavy (non-hydrogen) atoms. The molecule has 1 amide bonds. The average molecular weight is 533 g/mol. The lowest BCUT2D eigenvalue weighted by atomic mass is 10.2. The van der Waals surface area contributed by atoms with Gasteiger partial charge >= 0.3 is 6.09 Å². The number of guanidine groups is 1. The molecule has 1 atom stereocenters. The molecular formula is C21H36IN5O3. The molecule has 1 fully saturated rings. The summed E-state index contributed by atoms with van der Waals surface area (Å²) in [6.45, 7) is 13.2. The molecule has 1 unspecified atom stereocenters. The zero-order valence-electron chi connectivity index (χ0n) is 18.7. The number of nitrogens with one attached hydrogen (secondary N) is 2. The summed E-state index contributed by atoms with van der Waals surface area (Å²) in [6, 6.07) is 3.91. The average Bonchev–Trinajstić information content (AvgIpc) is 3.10. The SMILES string of the molecule is CCCOc1ccc(CN=C(NCC)N2CCC(NC(=O)OC(C)(C)C)C2)cn1.I. The van der Waals surface area contributed by atoms with Crippen LogP contribution < -0.4 is 15.4 Å². The van der Waals surface area contributed by atoms with Gasteiger partial charge in [-0.3, -0.25) is 0 Å². The number of halogens is 1. The van der Waals surface area contributed by atoms with Gasteiger partial charge in [-0.25, -0.2) is 14.8 Å². The normalized spacial score (nSPS) is 16.6. The van der Waals surface area contributed by atoms with E-state index in [2.05, 4.69) is 27.4 Å². The number of alkyl carbamates (subject to hydrolysis) is 1. The molecule has 2 heterocycles. The molecule has 2 N–H and O–H groups in total. The van der Waals surface area contributed by atoms with Crippen LogP contribution in [0.5, 0.6) is 5.88 Å². The second kappa shape index (κ2) is 12.8. The number of aliphatic imine (C=N–C) groups is 1. The van der Waals surface area contributed by atoms with Crippen molar-refractivity contribution in [3.05, 3.63) is 23.9 Å². The van der Waals surface area contributed by atoms with Crippen LogP contribution in [0.3, 0.4) is 0 Å². The molecule has 9 heteroatoms. The van der Waals surface area contributed by atoms with Gasteiger partial charge in [0.2, 0.25) is 5.88 Å². The van der Waals surface area contributed by atoms with E-state index in [9.17, 15) is 4.79 Å². The Bertz CT molecular complexity index is 676. The van der Waals surface area contributed by atoms with E-state index < -0.39 is 5.60 Å². The van der Waals surface area contributed by atoms with Crippen molar-refractivity contribution in [1.82, 2.24) is 20.5 Å². The standard InChI is InChI=1S/C21H35N5O3.HI/c1-6-12-28-18-9-8-16(13-23-18)14-24-19(22-7-2)26-11-10-17(15-26)25-20(27)29-21(3,4)5;/h8-9,13,17H,6-7,10-12,14-15H2,1-5H3,(H,22,24)(H,25,27);1H. The van der Waals surface area contributed by atoms with E-state index in [1.807, 2.05) is 39.8 Å². The summed E-state index contributed by atoms with van der Waals surface area (Å²) >= 11 is 0. The highest BCUT2D eigenvalue weighted by Gasteiger charge is 2.27. The highest BCUT2D eigenvalue weighted by atomic mass is 127. The highest BCUT2D eigenvalue weighted by molar-refractivity contribution is 14.0. The Morgan fingerprint density at radius 2 is 2.10 bits per heavy atom. The third kappa shape index (κ3) is 9.36. The number of hydrogen-bond acceptors (Lipinski definition) is 5. The number of nitrogens with zero attached hydrogens (tertiary/aromatic N) is 3. The van der Waals surface area contributed by atoms with Gasteiger partial charge in [0.25, 0.3) is 0 Å². The van der Waals surface area contributed by atoms with Crippen LogP contribution in [-0.4, -0.2) is 59.8 Å². The smallest absolute Gasteiger partial charge is 0.407 e. The molecule has 8 nitrogen and oxygen atoms in total. The molecule has 1 saturated heterocycles. The minimum atomic E-state index is -0.496. The second-order valence-corrected chi connectivity index (χ2v) is 8.10. The van der Waals surface area contributed by atoms with Gasteiger partial charge in [0, 0.05) is 31.9 Å². The molecular weight excluding hydrogens is 497 g/mol. The fourth-order valence-electron chi connectivity index (χ4n) is 2.93. The molecule has 0 aromatic carbocycles. The van der Waals surface area contributed by atoms with Crippen molar-refractivity contribution < 1.29 is 14.3 Å². The number of amides is 1. The van der Waals surface area contributed by atoms with Crippen molar-refractivity contribution in [2.75, 3.05) is 26.2 Å². The minimum absolute atomic E-state index is 0. The molecule has 1 aromatic rings. The third-order valence-corrected chi connectivity index (χ3v) is 4.21. The Balaban J connectivity index is 0.00000450. The lowest BCUT2D eigenvalue weighted by Gasteiger charge is -2.23. The number of pyridine rings is 1. The first-order valence-electron chi connectivity index (χ1n) is 10.4. The van der Waals surface area contributed by atoms with Crippen LogP contribution in [0, 0.1) is 0 Å². The van der Waals surface area contributed by atoms with Crippen molar-refractivity contribution in [2.24, 2.45) is 4.99 Å². The van der Waals surface area contributed by atoms with Crippen molar-refractivity contribution in [3.8, 4) is 5.88 Å². The van der Waals surface area contributed by atoms with E-state index >= 15 is 0 Å². The van der Waals surface area contributed by atoms with E-state index in [4.69, 9.17) is 14.5 Å². The number of hydrogen-bond donors (Lipinski definition) is 2. The van der Waals surface area contributed by atoms with Crippen molar-refractivity contribution >= 4 is 36.0 Å². The summed E-state index contributed by atoms with van der Waals surface area (Å²) < 4.78 is 10.9. The molecule has 1 aliphatic rings. The Labute approximate surface area is 197 Å². The van der Waals surface area contributed by atoms with Gasteiger partial charge in [-0.2, -0.15) is 0 Å². The molecule has 0 spiro atoms. The fraction of sp³-hybridized carbons (Fsp3) is 0.667. The first-order chi connectivity index (χ1) is 13.8. The van der Waals surface area contributed by atoms with Gasteiger partial charge in [-0.05, 0) is 46.1 Å². The minimum Gasteiger partial charge on any atom is -0.478 e. The van der Waals surface area contributed by atoms with Crippen LogP contribution in [0.1, 0.15) is 53.0 Å². The van der Waals surface area contributed by atoms with Crippen LogP contribution in [-0.2, 0) is 11.3 Å². The number of carbonyl (C=O) groups excluding carboxylic acids is 1. The fourth-order valence-corrected chi connectivity index (χ4v) is 2.93. The summed E-state index contributed by atoms with van der Waals surface area (Å²) in [6.07, 6.45) is 3.24. The van der Waals surface area contributed by atoms with Gasteiger partial charge in [0.15, 0.2) is 5.96 Å². The van der Waals surface area contributed by atoms with E-state index in [-0.39, 0.29) is 36.1 Å². The van der Waals surface area contributed by atoms with Gasteiger partial charge in [0.05, 0.1) is 19.2 Å². The summed E-state index contributed by atoms with van der Waals surface area (Å²) in [5.41, 5.74) is 0.524. The first-order valence-corrected chi connectivity index (χ1v) is 10.4. The number of aromatic nitrogens is 1. The molecule has 1 aromatic heterocycles.